The molecule has 162 valence electrons. The predicted molar refractivity (Wildman–Crippen MR) is 119 cm³/mol. The number of carbonyl (C=O) groups is 3. The number of aryl methyl sites for hydroxylation is 1. The Bertz CT molecular complexity index is 1060. The second-order valence-electron chi connectivity index (χ2n) is 7.70. The summed E-state index contributed by atoms with van der Waals surface area (Å²) in [5, 5.41) is 15.8. The van der Waals surface area contributed by atoms with Crippen molar-refractivity contribution >= 4 is 39.8 Å². The number of hydrogen-bond acceptors (Lipinski definition) is 5. The minimum absolute atomic E-state index is 0.308. The maximum atomic E-state index is 13.2. The molecule has 2 aromatic rings. The molecule has 0 radical (unpaired) electrons. The number of thiophene rings is 1. The van der Waals surface area contributed by atoms with E-state index in [4.69, 9.17) is 4.74 Å². The van der Waals surface area contributed by atoms with Crippen LogP contribution in [0.5, 0.6) is 5.75 Å². The Balaban J connectivity index is 1.61. The summed E-state index contributed by atoms with van der Waals surface area (Å²) in [6, 6.07) is 7.15. The minimum Gasteiger partial charge on any atom is -0.495 e. The minimum atomic E-state index is -0.979. The van der Waals surface area contributed by atoms with E-state index in [0.29, 0.717) is 34.8 Å². The molecule has 1 aromatic heterocycles. The van der Waals surface area contributed by atoms with Gasteiger partial charge in [-0.25, -0.2) is 0 Å². The number of aliphatic carboxylic acids is 1. The SMILES string of the molecule is COc1ccccc1NC(=O)c1c(NC(=O)[C@@H]2CC=CC[C@H]2C(=O)O)sc2c1CCC2. The summed E-state index contributed by atoms with van der Waals surface area (Å²) in [6.45, 7) is 0. The molecule has 8 heteroatoms. The van der Waals surface area contributed by atoms with Crippen LogP contribution in [0.3, 0.4) is 0 Å². The summed E-state index contributed by atoms with van der Waals surface area (Å²) in [6.07, 6.45) is 6.96. The number of carbonyl (C=O) groups excluding carboxylic acids is 2. The first-order chi connectivity index (χ1) is 15.0. The average Bonchev–Trinajstić information content (AvgIpc) is 3.34. The lowest BCUT2D eigenvalue weighted by molar-refractivity contribution is -0.146. The summed E-state index contributed by atoms with van der Waals surface area (Å²) in [4.78, 5) is 38.9. The molecular weight excluding hydrogens is 416 g/mol. The molecule has 0 saturated carbocycles. The van der Waals surface area contributed by atoms with Crippen LogP contribution < -0.4 is 15.4 Å². The number of carboxylic acid groups (broad SMARTS) is 1. The molecular formula is C23H24N2O5S. The normalized spacial score (nSPS) is 19.5. The fraction of sp³-hybridized carbons (Fsp3) is 0.348. The number of hydrogen-bond donors (Lipinski definition) is 3. The largest absolute Gasteiger partial charge is 0.495 e. The van der Waals surface area contributed by atoms with Gasteiger partial charge in [-0.3, -0.25) is 14.4 Å². The lowest BCUT2D eigenvalue weighted by atomic mass is 9.82. The highest BCUT2D eigenvalue weighted by molar-refractivity contribution is 7.17. The van der Waals surface area contributed by atoms with Gasteiger partial charge >= 0.3 is 5.97 Å². The Hall–Kier alpha value is -3.13. The van der Waals surface area contributed by atoms with Crippen LogP contribution in [0, 0.1) is 11.8 Å². The number of para-hydroxylation sites is 2. The monoisotopic (exact) mass is 440 g/mol. The van der Waals surface area contributed by atoms with E-state index in [1.54, 1.807) is 18.2 Å². The molecule has 2 aliphatic carbocycles. The van der Waals surface area contributed by atoms with Gasteiger partial charge in [0.2, 0.25) is 5.91 Å². The number of nitrogens with one attached hydrogen (secondary N) is 2. The second-order valence-corrected chi connectivity index (χ2v) is 8.80. The lowest BCUT2D eigenvalue weighted by Gasteiger charge is -2.24. The number of rotatable bonds is 6. The van der Waals surface area contributed by atoms with Crippen LogP contribution in [0.15, 0.2) is 36.4 Å². The molecule has 2 atom stereocenters. The molecule has 0 fully saturated rings. The van der Waals surface area contributed by atoms with Gasteiger partial charge < -0.3 is 20.5 Å². The van der Waals surface area contributed by atoms with Crippen LogP contribution in [-0.2, 0) is 22.4 Å². The van der Waals surface area contributed by atoms with Gasteiger partial charge in [0.25, 0.3) is 5.91 Å². The third-order valence-corrected chi connectivity index (χ3v) is 7.03. The summed E-state index contributed by atoms with van der Waals surface area (Å²) in [5.41, 5.74) is 1.98. The lowest BCUT2D eigenvalue weighted by Crippen LogP contribution is -2.35. The molecule has 0 unspecified atom stereocenters. The predicted octanol–water partition coefficient (Wildman–Crippen LogP) is 4.10. The average molecular weight is 441 g/mol. The fourth-order valence-corrected chi connectivity index (χ4v) is 5.54. The van der Waals surface area contributed by atoms with Crippen LogP contribution >= 0.6 is 11.3 Å². The zero-order chi connectivity index (χ0) is 22.0. The number of amides is 2. The number of methoxy groups -OCH3 is 1. The van der Waals surface area contributed by atoms with E-state index in [0.717, 1.165) is 29.7 Å². The van der Waals surface area contributed by atoms with Crippen molar-refractivity contribution in [2.75, 3.05) is 17.7 Å². The number of allylic oxidation sites excluding steroid dienone is 2. The van der Waals surface area contributed by atoms with E-state index in [2.05, 4.69) is 10.6 Å². The standard InChI is InChI=1S/C23H24N2O5S/c1-30-17-11-5-4-10-16(17)24-21(27)19-15-9-6-12-18(15)31-22(19)25-20(26)13-7-2-3-8-14(13)23(28)29/h2-5,10-11,13-14H,6-9,12H2,1H3,(H,24,27)(H,25,26)(H,28,29)/t13-,14-/m1/s1. The molecule has 1 aromatic carbocycles. The van der Waals surface area contributed by atoms with Crippen LogP contribution in [0.25, 0.3) is 0 Å². The Labute approximate surface area is 184 Å². The van der Waals surface area contributed by atoms with Crippen LogP contribution in [0.2, 0.25) is 0 Å². The van der Waals surface area contributed by atoms with Crippen molar-refractivity contribution in [3.8, 4) is 5.75 Å². The first kappa shape index (κ1) is 21.1. The quantitative estimate of drug-likeness (QED) is 0.587. The van der Waals surface area contributed by atoms with Gasteiger partial charge in [-0.05, 0) is 49.8 Å². The molecule has 7 nitrogen and oxygen atoms in total. The van der Waals surface area contributed by atoms with E-state index in [1.807, 2.05) is 18.2 Å². The van der Waals surface area contributed by atoms with Gasteiger partial charge in [0.15, 0.2) is 0 Å². The fourth-order valence-electron chi connectivity index (χ4n) is 4.25. The Morgan fingerprint density at radius 2 is 1.81 bits per heavy atom. The van der Waals surface area contributed by atoms with Crippen molar-refractivity contribution in [1.82, 2.24) is 0 Å². The van der Waals surface area contributed by atoms with Gasteiger partial charge in [0.05, 0.1) is 30.2 Å². The first-order valence-corrected chi connectivity index (χ1v) is 11.1. The van der Waals surface area contributed by atoms with Gasteiger partial charge in [0.1, 0.15) is 10.8 Å². The van der Waals surface area contributed by atoms with Gasteiger partial charge in [0, 0.05) is 4.88 Å². The van der Waals surface area contributed by atoms with Gasteiger partial charge in [-0.1, -0.05) is 24.3 Å². The topological polar surface area (TPSA) is 105 Å². The molecule has 0 bridgehead atoms. The Morgan fingerprint density at radius 3 is 2.55 bits per heavy atom. The molecule has 0 spiro atoms. The zero-order valence-corrected chi connectivity index (χ0v) is 18.0. The van der Waals surface area contributed by atoms with E-state index in [-0.39, 0.29) is 11.8 Å². The molecule has 2 amide bonds. The van der Waals surface area contributed by atoms with E-state index in [1.165, 1.54) is 18.4 Å². The summed E-state index contributed by atoms with van der Waals surface area (Å²) >= 11 is 1.41. The van der Waals surface area contributed by atoms with E-state index >= 15 is 0 Å². The number of benzene rings is 1. The number of fused-ring (bicyclic) bond motifs is 1. The van der Waals surface area contributed by atoms with Crippen molar-refractivity contribution < 1.29 is 24.2 Å². The summed E-state index contributed by atoms with van der Waals surface area (Å²) < 4.78 is 5.32. The van der Waals surface area contributed by atoms with Gasteiger partial charge in [-0.15, -0.1) is 11.3 Å². The van der Waals surface area contributed by atoms with Crippen LogP contribution in [-0.4, -0.2) is 30.0 Å². The first-order valence-electron chi connectivity index (χ1n) is 10.3. The number of ether oxygens (including phenoxy) is 1. The third kappa shape index (κ3) is 4.20. The molecule has 3 N–H and O–H groups in total. The molecule has 0 saturated heterocycles. The van der Waals surface area contributed by atoms with Crippen molar-refractivity contribution in [2.45, 2.75) is 32.1 Å². The zero-order valence-electron chi connectivity index (χ0n) is 17.1. The molecule has 1 heterocycles. The van der Waals surface area contributed by atoms with Crippen LogP contribution in [0.1, 0.15) is 40.1 Å². The van der Waals surface area contributed by atoms with Crippen molar-refractivity contribution in [3.05, 3.63) is 52.4 Å². The highest BCUT2D eigenvalue weighted by atomic mass is 32.1. The molecule has 2 aliphatic rings. The number of anilines is 2. The summed E-state index contributed by atoms with van der Waals surface area (Å²) in [5.74, 6) is -2.52. The molecule has 0 aliphatic heterocycles. The smallest absolute Gasteiger partial charge is 0.307 e. The van der Waals surface area contributed by atoms with E-state index < -0.39 is 17.8 Å². The summed E-state index contributed by atoms with van der Waals surface area (Å²) in [7, 11) is 1.54. The third-order valence-electron chi connectivity index (χ3n) is 5.83. The highest BCUT2D eigenvalue weighted by Crippen LogP contribution is 2.40. The Kier molecular flexibility index (Phi) is 6.08. The maximum Gasteiger partial charge on any atom is 0.307 e. The van der Waals surface area contributed by atoms with Gasteiger partial charge in [-0.2, -0.15) is 0 Å². The molecule has 31 heavy (non-hydrogen) atoms. The van der Waals surface area contributed by atoms with Crippen LogP contribution in [0.4, 0.5) is 10.7 Å². The van der Waals surface area contributed by atoms with Crippen molar-refractivity contribution in [2.24, 2.45) is 11.8 Å². The number of carboxylic acids is 1. The highest BCUT2D eigenvalue weighted by Gasteiger charge is 2.35. The molecule has 4 rings (SSSR count). The second kappa shape index (κ2) is 8.93. The van der Waals surface area contributed by atoms with Crippen molar-refractivity contribution in [1.29, 1.82) is 0 Å². The Morgan fingerprint density at radius 1 is 1.06 bits per heavy atom. The van der Waals surface area contributed by atoms with Crippen molar-refractivity contribution in [3.63, 3.8) is 0 Å². The van der Waals surface area contributed by atoms with E-state index in [9.17, 15) is 19.5 Å². The maximum absolute atomic E-state index is 13.2.